The number of hydrogen-bond donors (Lipinski definition) is 0. The van der Waals surface area contributed by atoms with Gasteiger partial charge in [-0.1, -0.05) is 182 Å². The van der Waals surface area contributed by atoms with Crippen LogP contribution in [0, 0.1) is 40.8 Å². The van der Waals surface area contributed by atoms with E-state index in [-0.39, 0.29) is 64.8 Å². The smallest absolute Gasteiger partial charge is 0 e. The Kier molecular flexibility index (Phi) is 58.5. The second-order valence-corrected chi connectivity index (χ2v) is 10.4. The molecule has 0 aromatic heterocycles. The van der Waals surface area contributed by atoms with Crippen molar-refractivity contribution in [1.82, 2.24) is 0 Å². The van der Waals surface area contributed by atoms with E-state index in [9.17, 15) is 0 Å². The van der Waals surface area contributed by atoms with Crippen molar-refractivity contribution in [3.8, 4) is 0 Å². The normalized spacial score (nSPS) is 10.3. The Morgan fingerprint density at radius 1 is 0.278 bits per heavy atom. The summed E-state index contributed by atoms with van der Waals surface area (Å²) in [6, 6.07) is 0. The number of nitrogens with zero attached hydrogens (tertiary/aromatic N) is 2. The molecule has 0 fully saturated rings. The molecule has 0 atom stereocenters. The van der Waals surface area contributed by atoms with Gasteiger partial charge >= 0.3 is 0 Å². The van der Waals surface area contributed by atoms with Crippen molar-refractivity contribution in [2.45, 2.75) is 182 Å². The molecule has 0 saturated heterocycles. The standard InChI is InChI=1S/2C16H34N.HI.Nd/c2*1-3-5-7-9-11-13-15-17-16-14-12-10-8-6-4-2;;/h2*3-16H2,1-2H3;1H;/q2*-1;;. The SMILES string of the molecule is CCCCCCCC[N-]CCCCCCCC.CCCCCCCC[N-]CCCCCCCC.I.[Nd]. The zero-order valence-corrected chi connectivity index (χ0v) is 31.1. The van der Waals surface area contributed by atoms with E-state index in [0.717, 1.165) is 26.2 Å². The molecule has 0 rings (SSSR count). The summed E-state index contributed by atoms with van der Waals surface area (Å²) in [7, 11) is 0. The van der Waals surface area contributed by atoms with Crippen LogP contribution >= 0.6 is 24.0 Å². The molecule has 0 amide bonds. The Morgan fingerprint density at radius 2 is 0.444 bits per heavy atom. The predicted octanol–water partition coefficient (Wildman–Crippen LogP) is 12.8. The summed E-state index contributed by atoms with van der Waals surface area (Å²) in [6.07, 6.45) is 33.2. The quantitative estimate of drug-likeness (QED) is 0.0562. The predicted molar refractivity (Wildman–Crippen MR) is 175 cm³/mol. The van der Waals surface area contributed by atoms with Crippen LogP contribution in [0.2, 0.25) is 0 Å². The van der Waals surface area contributed by atoms with Crippen LogP contribution in [-0.2, 0) is 0 Å². The van der Waals surface area contributed by atoms with Crippen LogP contribution in [0.4, 0.5) is 0 Å². The second-order valence-electron chi connectivity index (χ2n) is 10.4. The molecule has 0 aliphatic carbocycles. The van der Waals surface area contributed by atoms with Gasteiger partial charge in [0.05, 0.1) is 0 Å². The fourth-order valence-electron chi connectivity index (χ4n) is 4.24. The zero-order chi connectivity index (χ0) is 25.2. The van der Waals surface area contributed by atoms with Crippen LogP contribution in [0.3, 0.4) is 0 Å². The van der Waals surface area contributed by atoms with Crippen molar-refractivity contribution in [1.29, 1.82) is 0 Å². The summed E-state index contributed by atoms with van der Waals surface area (Å²) < 4.78 is 0. The summed E-state index contributed by atoms with van der Waals surface area (Å²) in [6.45, 7) is 13.5. The van der Waals surface area contributed by atoms with E-state index in [1.54, 1.807) is 0 Å². The average Bonchev–Trinajstić information content (AvgIpc) is 2.85. The van der Waals surface area contributed by atoms with Gasteiger partial charge in [-0.15, -0.1) is 50.2 Å². The van der Waals surface area contributed by atoms with Gasteiger partial charge in [0, 0.05) is 40.8 Å². The van der Waals surface area contributed by atoms with Gasteiger partial charge in [-0.25, -0.2) is 0 Å². The largest absolute Gasteiger partial charge is 0.662 e. The van der Waals surface area contributed by atoms with Crippen molar-refractivity contribution in [3.05, 3.63) is 10.6 Å². The minimum Gasteiger partial charge on any atom is -0.662 e. The van der Waals surface area contributed by atoms with Crippen LogP contribution in [-0.4, -0.2) is 26.2 Å². The first-order valence-corrected chi connectivity index (χ1v) is 16.1. The maximum absolute atomic E-state index is 4.61. The van der Waals surface area contributed by atoms with Gasteiger partial charge in [0.15, 0.2) is 0 Å². The molecular formula is C32H69IN2Nd-2. The van der Waals surface area contributed by atoms with Crippen LogP contribution in [0.15, 0.2) is 0 Å². The summed E-state index contributed by atoms with van der Waals surface area (Å²) in [5.41, 5.74) is 0. The number of hydrogen-bond acceptors (Lipinski definition) is 0. The van der Waals surface area contributed by atoms with Gasteiger partial charge in [-0.05, 0) is 0 Å². The molecule has 0 heterocycles. The minimum absolute atomic E-state index is 0. The molecule has 0 N–H and O–H groups in total. The Labute approximate surface area is 280 Å². The number of rotatable bonds is 28. The maximum Gasteiger partial charge on any atom is 0 e. The van der Waals surface area contributed by atoms with Gasteiger partial charge < -0.3 is 10.6 Å². The molecular weight excluding hydrogens is 684 g/mol. The van der Waals surface area contributed by atoms with Gasteiger partial charge in [0.1, 0.15) is 0 Å². The molecule has 0 unspecified atom stereocenters. The molecule has 0 saturated carbocycles. The third-order valence-corrected chi connectivity index (χ3v) is 6.68. The molecule has 2 nitrogen and oxygen atoms in total. The molecule has 220 valence electrons. The molecule has 36 heavy (non-hydrogen) atoms. The topological polar surface area (TPSA) is 28.2 Å². The summed E-state index contributed by atoms with van der Waals surface area (Å²) >= 11 is 0. The third-order valence-electron chi connectivity index (χ3n) is 6.68. The van der Waals surface area contributed by atoms with Crippen molar-refractivity contribution in [3.63, 3.8) is 0 Å². The van der Waals surface area contributed by atoms with E-state index in [2.05, 4.69) is 38.3 Å². The monoisotopic (exact) mass is 750 g/mol. The van der Waals surface area contributed by atoms with Crippen LogP contribution in [0.1, 0.15) is 182 Å². The second kappa shape index (κ2) is 46.8. The van der Waals surface area contributed by atoms with Crippen LogP contribution in [0.25, 0.3) is 10.6 Å². The van der Waals surface area contributed by atoms with Gasteiger partial charge in [0.2, 0.25) is 0 Å². The molecule has 0 bridgehead atoms. The Morgan fingerprint density at radius 3 is 0.639 bits per heavy atom. The van der Waals surface area contributed by atoms with E-state index in [4.69, 9.17) is 0 Å². The van der Waals surface area contributed by atoms with Crippen LogP contribution in [0.5, 0.6) is 0 Å². The molecule has 0 radical (unpaired) electrons. The maximum atomic E-state index is 4.61. The molecule has 0 aliphatic rings. The summed E-state index contributed by atoms with van der Waals surface area (Å²) in [5.74, 6) is 0. The van der Waals surface area contributed by atoms with Gasteiger partial charge in [0.25, 0.3) is 0 Å². The first-order chi connectivity index (χ1) is 16.8. The Hall–Kier alpha value is 2.00. The first-order valence-electron chi connectivity index (χ1n) is 16.1. The van der Waals surface area contributed by atoms with E-state index < -0.39 is 0 Å². The van der Waals surface area contributed by atoms with Crippen molar-refractivity contribution in [2.24, 2.45) is 0 Å². The van der Waals surface area contributed by atoms with E-state index in [1.807, 2.05) is 0 Å². The summed E-state index contributed by atoms with van der Waals surface area (Å²) in [5, 5.41) is 9.21. The molecule has 4 heteroatoms. The van der Waals surface area contributed by atoms with E-state index in [1.165, 1.54) is 154 Å². The van der Waals surface area contributed by atoms with Gasteiger partial charge in [-0.2, -0.15) is 0 Å². The number of halogens is 1. The van der Waals surface area contributed by atoms with Crippen LogP contribution < -0.4 is 0 Å². The van der Waals surface area contributed by atoms with Crippen molar-refractivity contribution < 1.29 is 40.8 Å². The zero-order valence-electron chi connectivity index (χ0n) is 25.6. The number of unbranched alkanes of at least 4 members (excludes halogenated alkanes) is 20. The molecule has 0 aromatic rings. The fraction of sp³-hybridized carbons (Fsp3) is 1.00. The van der Waals surface area contributed by atoms with E-state index >= 15 is 0 Å². The van der Waals surface area contributed by atoms with Gasteiger partial charge in [-0.3, -0.25) is 0 Å². The summed E-state index contributed by atoms with van der Waals surface area (Å²) in [4.78, 5) is 0. The minimum atomic E-state index is 0. The van der Waals surface area contributed by atoms with Crippen molar-refractivity contribution in [2.75, 3.05) is 26.2 Å². The molecule has 0 aliphatic heterocycles. The molecule has 0 spiro atoms. The Bertz CT molecular complexity index is 261. The first kappa shape index (κ1) is 45.0. The van der Waals surface area contributed by atoms with E-state index in [0.29, 0.717) is 0 Å². The fourth-order valence-corrected chi connectivity index (χ4v) is 4.24. The Balaban J connectivity index is -0.000000269. The molecule has 0 aromatic carbocycles. The third kappa shape index (κ3) is 49.0. The van der Waals surface area contributed by atoms with Crippen molar-refractivity contribution >= 4 is 24.0 Å². The average molecular weight is 753 g/mol.